The second-order valence-electron chi connectivity index (χ2n) is 2.72. The number of fused-ring (bicyclic) bond motifs is 1. The maximum Gasteiger partial charge on any atom is 0.0591 e. The summed E-state index contributed by atoms with van der Waals surface area (Å²) < 4.78 is 1.84. The molecule has 0 saturated heterocycles. The summed E-state index contributed by atoms with van der Waals surface area (Å²) in [5.74, 6) is 0. The number of hydrogen-bond donors (Lipinski definition) is 1. The minimum atomic E-state index is 1.17. The van der Waals surface area contributed by atoms with E-state index < -0.39 is 0 Å². The predicted molar refractivity (Wildman–Crippen MR) is 51.1 cm³/mol. The zero-order valence-corrected chi connectivity index (χ0v) is 7.18. The Hall–Kier alpha value is -0.890. The summed E-state index contributed by atoms with van der Waals surface area (Å²) >= 11 is 4.27. The van der Waals surface area contributed by atoms with Gasteiger partial charge < -0.3 is 0 Å². The Kier molecular flexibility index (Phi) is 1.43. The SMILES string of the molecule is Cc1ccc2ccn(S)c2c1. The molecule has 1 heterocycles. The lowest BCUT2D eigenvalue weighted by molar-refractivity contribution is 1.36. The van der Waals surface area contributed by atoms with Gasteiger partial charge in [0.25, 0.3) is 0 Å². The van der Waals surface area contributed by atoms with Gasteiger partial charge in [0, 0.05) is 11.6 Å². The Morgan fingerprint density at radius 3 is 2.91 bits per heavy atom. The topological polar surface area (TPSA) is 4.93 Å². The molecule has 0 bridgehead atoms. The second-order valence-corrected chi connectivity index (χ2v) is 3.15. The lowest BCUT2D eigenvalue weighted by Gasteiger charge is -1.95. The molecule has 1 aromatic heterocycles. The van der Waals surface area contributed by atoms with Crippen LogP contribution in [-0.2, 0) is 0 Å². The van der Waals surface area contributed by atoms with Crippen LogP contribution in [0.5, 0.6) is 0 Å². The maximum absolute atomic E-state index is 4.27. The highest BCUT2D eigenvalue weighted by Crippen LogP contribution is 2.17. The highest BCUT2D eigenvalue weighted by molar-refractivity contribution is 7.78. The van der Waals surface area contributed by atoms with E-state index in [9.17, 15) is 0 Å². The minimum Gasteiger partial charge on any atom is -0.294 e. The predicted octanol–water partition coefficient (Wildman–Crippen LogP) is 2.64. The van der Waals surface area contributed by atoms with E-state index in [-0.39, 0.29) is 0 Å². The molecule has 2 heteroatoms. The quantitative estimate of drug-likeness (QED) is 0.570. The standard InChI is InChI=1S/C9H9NS/c1-7-2-3-8-4-5-10(11)9(8)6-7/h2-6,11H,1H3. The van der Waals surface area contributed by atoms with Crippen molar-refractivity contribution in [3.63, 3.8) is 0 Å². The third-order valence-corrected chi connectivity index (χ3v) is 2.18. The molecule has 0 aliphatic carbocycles. The largest absolute Gasteiger partial charge is 0.294 e. The van der Waals surface area contributed by atoms with Gasteiger partial charge in [0.05, 0.1) is 5.52 Å². The molecule has 11 heavy (non-hydrogen) atoms. The summed E-state index contributed by atoms with van der Waals surface area (Å²) in [6, 6.07) is 8.40. The molecule has 0 radical (unpaired) electrons. The van der Waals surface area contributed by atoms with Crippen LogP contribution in [0.15, 0.2) is 30.5 Å². The Balaban J connectivity index is 2.87. The van der Waals surface area contributed by atoms with E-state index in [4.69, 9.17) is 0 Å². The Morgan fingerprint density at radius 2 is 2.09 bits per heavy atom. The first-order valence-corrected chi connectivity index (χ1v) is 3.94. The van der Waals surface area contributed by atoms with Gasteiger partial charge in [-0.2, -0.15) is 0 Å². The molecule has 0 unspecified atom stereocenters. The van der Waals surface area contributed by atoms with Gasteiger partial charge in [0.1, 0.15) is 0 Å². The van der Waals surface area contributed by atoms with Crippen LogP contribution >= 0.6 is 12.8 Å². The van der Waals surface area contributed by atoms with E-state index in [0.29, 0.717) is 0 Å². The summed E-state index contributed by atoms with van der Waals surface area (Å²) in [6.07, 6.45) is 1.95. The molecule has 0 atom stereocenters. The van der Waals surface area contributed by atoms with Gasteiger partial charge in [-0.05, 0) is 24.6 Å². The van der Waals surface area contributed by atoms with Crippen LogP contribution in [0.4, 0.5) is 0 Å². The summed E-state index contributed by atoms with van der Waals surface area (Å²) in [5, 5.41) is 1.24. The minimum absolute atomic E-state index is 1.17. The van der Waals surface area contributed by atoms with Crippen LogP contribution < -0.4 is 0 Å². The maximum atomic E-state index is 4.27. The molecule has 2 rings (SSSR count). The van der Waals surface area contributed by atoms with E-state index in [2.05, 4.69) is 44.0 Å². The fourth-order valence-electron chi connectivity index (χ4n) is 1.22. The van der Waals surface area contributed by atoms with E-state index >= 15 is 0 Å². The van der Waals surface area contributed by atoms with E-state index in [1.54, 1.807) is 0 Å². The molecule has 1 nitrogen and oxygen atoms in total. The molecule has 2 aromatic rings. The van der Waals surface area contributed by atoms with Crippen molar-refractivity contribution in [1.82, 2.24) is 3.97 Å². The molecule has 0 saturated carbocycles. The van der Waals surface area contributed by atoms with E-state index in [1.807, 2.05) is 10.2 Å². The van der Waals surface area contributed by atoms with Crippen LogP contribution in [-0.4, -0.2) is 3.97 Å². The van der Waals surface area contributed by atoms with Crippen molar-refractivity contribution in [2.24, 2.45) is 0 Å². The average molecular weight is 163 g/mol. The van der Waals surface area contributed by atoms with Crippen molar-refractivity contribution in [3.05, 3.63) is 36.0 Å². The van der Waals surface area contributed by atoms with Gasteiger partial charge in [0.2, 0.25) is 0 Å². The molecule has 1 aromatic carbocycles. The van der Waals surface area contributed by atoms with Gasteiger partial charge in [0.15, 0.2) is 0 Å². The first-order chi connectivity index (χ1) is 5.27. The van der Waals surface area contributed by atoms with Gasteiger partial charge in [-0.25, -0.2) is 0 Å². The Labute approximate surface area is 71.2 Å². The highest BCUT2D eigenvalue weighted by Gasteiger charge is 1.96. The van der Waals surface area contributed by atoms with Crippen LogP contribution in [0.25, 0.3) is 10.9 Å². The van der Waals surface area contributed by atoms with Crippen LogP contribution in [0.1, 0.15) is 5.56 Å². The van der Waals surface area contributed by atoms with Crippen molar-refractivity contribution < 1.29 is 0 Å². The molecule has 0 amide bonds. The summed E-state index contributed by atoms with van der Waals surface area (Å²) in [5.41, 5.74) is 2.44. The first kappa shape index (κ1) is 6.80. The Bertz CT molecular complexity index is 389. The molecule has 0 N–H and O–H groups in total. The summed E-state index contributed by atoms with van der Waals surface area (Å²) in [4.78, 5) is 0. The zero-order valence-electron chi connectivity index (χ0n) is 6.28. The van der Waals surface area contributed by atoms with Crippen molar-refractivity contribution in [3.8, 4) is 0 Å². The number of thiol groups is 1. The van der Waals surface area contributed by atoms with Crippen LogP contribution in [0.2, 0.25) is 0 Å². The average Bonchev–Trinajstić information content (AvgIpc) is 2.33. The van der Waals surface area contributed by atoms with Gasteiger partial charge >= 0.3 is 0 Å². The number of rotatable bonds is 0. The summed E-state index contributed by atoms with van der Waals surface area (Å²) in [7, 11) is 0. The highest BCUT2D eigenvalue weighted by atomic mass is 32.1. The third kappa shape index (κ3) is 1.03. The fourth-order valence-corrected chi connectivity index (χ4v) is 1.46. The van der Waals surface area contributed by atoms with Crippen molar-refractivity contribution in [2.75, 3.05) is 0 Å². The fraction of sp³-hybridized carbons (Fsp3) is 0.111. The zero-order chi connectivity index (χ0) is 7.84. The number of aromatic nitrogens is 1. The molecular weight excluding hydrogens is 154 g/mol. The molecule has 0 spiro atoms. The Morgan fingerprint density at radius 1 is 1.27 bits per heavy atom. The lowest BCUT2D eigenvalue weighted by Crippen LogP contribution is -1.77. The number of hydrogen-bond acceptors (Lipinski definition) is 1. The molecular formula is C9H9NS. The van der Waals surface area contributed by atoms with Gasteiger partial charge in [-0.15, -0.1) is 0 Å². The van der Waals surface area contributed by atoms with Crippen LogP contribution in [0, 0.1) is 6.92 Å². The van der Waals surface area contributed by atoms with Crippen LogP contribution in [0.3, 0.4) is 0 Å². The second kappa shape index (κ2) is 2.31. The van der Waals surface area contributed by atoms with Crippen molar-refractivity contribution in [2.45, 2.75) is 6.92 Å². The number of benzene rings is 1. The van der Waals surface area contributed by atoms with E-state index in [0.717, 1.165) is 0 Å². The normalized spacial score (nSPS) is 10.7. The lowest BCUT2D eigenvalue weighted by atomic mass is 10.2. The molecule has 0 aliphatic heterocycles. The van der Waals surface area contributed by atoms with Gasteiger partial charge in [-0.3, -0.25) is 3.97 Å². The van der Waals surface area contributed by atoms with Crippen molar-refractivity contribution in [1.29, 1.82) is 0 Å². The number of aryl methyl sites for hydroxylation is 1. The monoisotopic (exact) mass is 163 g/mol. The van der Waals surface area contributed by atoms with Gasteiger partial charge in [-0.1, -0.05) is 24.9 Å². The molecule has 0 fully saturated rings. The first-order valence-electron chi connectivity index (χ1n) is 3.54. The van der Waals surface area contributed by atoms with Crippen molar-refractivity contribution >= 4 is 23.7 Å². The van der Waals surface area contributed by atoms with E-state index in [1.165, 1.54) is 16.5 Å². The smallest absolute Gasteiger partial charge is 0.0591 e. The third-order valence-electron chi connectivity index (χ3n) is 1.83. The number of nitrogens with zero attached hydrogens (tertiary/aromatic N) is 1. The summed E-state index contributed by atoms with van der Waals surface area (Å²) in [6.45, 7) is 2.08. The molecule has 0 aliphatic rings. The molecule has 56 valence electrons.